The molecule has 132 valence electrons. The van der Waals surface area contributed by atoms with Gasteiger partial charge < -0.3 is 9.64 Å². The molecule has 0 spiro atoms. The zero-order valence-corrected chi connectivity index (χ0v) is 15.3. The predicted molar refractivity (Wildman–Crippen MR) is 96.6 cm³/mol. The molecule has 0 saturated carbocycles. The van der Waals surface area contributed by atoms with Crippen molar-refractivity contribution in [2.24, 2.45) is 0 Å². The maximum atomic E-state index is 13.1. The van der Waals surface area contributed by atoms with Gasteiger partial charge in [0.15, 0.2) is 0 Å². The average molecular weight is 340 g/mol. The van der Waals surface area contributed by atoms with Crippen LogP contribution in [0.1, 0.15) is 48.8 Å². The Morgan fingerprint density at radius 1 is 1.20 bits per heavy atom. The zero-order valence-electron chi connectivity index (χ0n) is 15.3. The number of aryl methyl sites for hydroxylation is 1. The summed E-state index contributed by atoms with van der Waals surface area (Å²) in [6.07, 6.45) is 2.76. The van der Waals surface area contributed by atoms with E-state index in [1.165, 1.54) is 4.90 Å². The van der Waals surface area contributed by atoms with Crippen molar-refractivity contribution in [1.29, 1.82) is 0 Å². The van der Waals surface area contributed by atoms with E-state index in [0.29, 0.717) is 5.56 Å². The average Bonchev–Trinajstić information content (AvgIpc) is 2.97. The highest BCUT2D eigenvalue weighted by Gasteiger charge is 2.27. The first kappa shape index (κ1) is 17.4. The van der Waals surface area contributed by atoms with E-state index in [0.717, 1.165) is 41.4 Å². The Morgan fingerprint density at radius 3 is 2.64 bits per heavy atom. The molecule has 0 fully saturated rings. The second kappa shape index (κ2) is 6.47. The third-order valence-corrected chi connectivity index (χ3v) is 4.27. The summed E-state index contributed by atoms with van der Waals surface area (Å²) in [5, 5.41) is 0.851. The van der Waals surface area contributed by atoms with Crippen LogP contribution in [0.5, 0.6) is 0 Å². The molecule has 0 atom stereocenters. The van der Waals surface area contributed by atoms with Crippen LogP contribution in [0.25, 0.3) is 10.9 Å². The topological polar surface area (TPSA) is 59.5 Å². The van der Waals surface area contributed by atoms with Crippen LogP contribution in [0.15, 0.2) is 24.3 Å². The summed E-state index contributed by atoms with van der Waals surface area (Å²) in [5.74, 6) is -0.555. The van der Waals surface area contributed by atoms with E-state index in [1.807, 2.05) is 45.0 Å². The molecule has 2 aromatic rings. The van der Waals surface area contributed by atoms with Crippen LogP contribution in [0, 0.1) is 0 Å². The second-order valence-corrected chi connectivity index (χ2v) is 7.53. The van der Waals surface area contributed by atoms with Crippen LogP contribution < -0.4 is 0 Å². The summed E-state index contributed by atoms with van der Waals surface area (Å²) in [7, 11) is 1.64. The highest BCUT2D eigenvalue weighted by molar-refractivity contribution is 6.08. The number of nitrogens with zero attached hydrogens (tertiary/aromatic N) is 2. The Kier molecular flexibility index (Phi) is 4.50. The number of esters is 1. The molecule has 1 aliphatic carbocycles. The summed E-state index contributed by atoms with van der Waals surface area (Å²) >= 11 is 0. The van der Waals surface area contributed by atoms with Gasteiger partial charge in [0.05, 0.1) is 11.1 Å². The monoisotopic (exact) mass is 340 g/mol. The predicted octanol–water partition coefficient (Wildman–Crippen LogP) is 3.14. The number of carbonyl (C=O) groups is 2. The molecule has 25 heavy (non-hydrogen) atoms. The second-order valence-electron chi connectivity index (χ2n) is 7.53. The summed E-state index contributed by atoms with van der Waals surface area (Å²) in [4.78, 5) is 31.3. The van der Waals surface area contributed by atoms with Crippen molar-refractivity contribution in [1.82, 2.24) is 9.88 Å². The number of para-hydroxylation sites is 1. The molecule has 1 aliphatic rings. The van der Waals surface area contributed by atoms with Crippen molar-refractivity contribution in [2.45, 2.75) is 45.6 Å². The minimum Gasteiger partial charge on any atom is -0.459 e. The van der Waals surface area contributed by atoms with Crippen LogP contribution >= 0.6 is 0 Å². The Bertz CT molecular complexity index is 837. The number of likely N-dealkylation sites (N-methyl/N-ethyl adjacent to an activating group) is 1. The molecule has 1 amide bonds. The Balaban J connectivity index is 1.93. The number of carbonyl (C=O) groups excluding carboxylic acids is 2. The molecule has 0 aliphatic heterocycles. The van der Waals surface area contributed by atoms with Gasteiger partial charge in [-0.1, -0.05) is 18.2 Å². The third-order valence-electron chi connectivity index (χ3n) is 4.27. The van der Waals surface area contributed by atoms with Gasteiger partial charge in [-0.05, 0) is 51.7 Å². The van der Waals surface area contributed by atoms with E-state index >= 15 is 0 Å². The molecule has 0 unspecified atom stereocenters. The number of fused-ring (bicyclic) bond motifs is 2. The summed E-state index contributed by atoms with van der Waals surface area (Å²) < 4.78 is 5.33. The highest BCUT2D eigenvalue weighted by atomic mass is 16.6. The summed E-state index contributed by atoms with van der Waals surface area (Å²) in [5.41, 5.74) is 2.99. The summed E-state index contributed by atoms with van der Waals surface area (Å²) in [6.45, 7) is 5.38. The number of benzene rings is 1. The first-order valence-corrected chi connectivity index (χ1v) is 8.64. The number of aromatic nitrogens is 1. The quantitative estimate of drug-likeness (QED) is 0.806. The van der Waals surface area contributed by atoms with Crippen molar-refractivity contribution >= 4 is 22.8 Å². The van der Waals surface area contributed by atoms with Gasteiger partial charge in [0, 0.05) is 18.1 Å². The van der Waals surface area contributed by atoms with E-state index in [9.17, 15) is 9.59 Å². The number of hydrogen-bond acceptors (Lipinski definition) is 4. The Morgan fingerprint density at radius 2 is 1.92 bits per heavy atom. The van der Waals surface area contributed by atoms with E-state index < -0.39 is 11.6 Å². The molecular formula is C20H24N2O3. The van der Waals surface area contributed by atoms with Crippen molar-refractivity contribution < 1.29 is 14.3 Å². The molecule has 0 bridgehead atoms. The lowest BCUT2D eigenvalue weighted by Crippen LogP contribution is -2.36. The van der Waals surface area contributed by atoms with Crippen molar-refractivity contribution in [3.63, 3.8) is 0 Å². The highest BCUT2D eigenvalue weighted by Crippen LogP contribution is 2.30. The lowest BCUT2D eigenvalue weighted by atomic mass is 10.00. The zero-order chi connectivity index (χ0) is 18.2. The van der Waals surface area contributed by atoms with Crippen LogP contribution in [0.2, 0.25) is 0 Å². The van der Waals surface area contributed by atoms with Crippen LogP contribution in [0.4, 0.5) is 0 Å². The minimum atomic E-state index is -0.564. The minimum absolute atomic E-state index is 0.0679. The first-order chi connectivity index (χ1) is 11.8. The number of amides is 1. The van der Waals surface area contributed by atoms with Gasteiger partial charge in [0.2, 0.25) is 0 Å². The SMILES string of the molecule is CN(CC(=O)OC(C)(C)C)C(=O)c1c2c(nc3ccccc13)CCC2. The molecule has 1 aromatic heterocycles. The number of hydrogen-bond donors (Lipinski definition) is 0. The van der Waals surface area contributed by atoms with E-state index in [4.69, 9.17) is 9.72 Å². The van der Waals surface area contributed by atoms with Crippen LogP contribution in [0.3, 0.4) is 0 Å². The smallest absolute Gasteiger partial charge is 0.326 e. The van der Waals surface area contributed by atoms with Gasteiger partial charge in [-0.3, -0.25) is 14.6 Å². The van der Waals surface area contributed by atoms with Crippen LogP contribution in [-0.2, 0) is 22.4 Å². The van der Waals surface area contributed by atoms with Gasteiger partial charge >= 0.3 is 5.97 Å². The molecule has 0 saturated heterocycles. The molecule has 3 rings (SSSR count). The molecule has 1 heterocycles. The Hall–Kier alpha value is -2.43. The fourth-order valence-corrected chi connectivity index (χ4v) is 3.29. The standard InChI is InChI=1S/C20H24N2O3/c1-20(2,3)25-17(23)12-22(4)19(24)18-13-8-5-6-10-15(13)21-16-11-7-9-14(16)18/h5-6,8,10H,7,9,11-12H2,1-4H3. The first-order valence-electron chi connectivity index (χ1n) is 8.64. The number of rotatable bonds is 3. The molecule has 0 N–H and O–H groups in total. The van der Waals surface area contributed by atoms with Crippen molar-refractivity contribution in [3.05, 3.63) is 41.1 Å². The molecule has 0 radical (unpaired) electrons. The molecule has 5 nitrogen and oxygen atoms in total. The normalized spacial score (nSPS) is 13.6. The summed E-state index contributed by atoms with van der Waals surface area (Å²) in [6, 6.07) is 7.69. The molecule has 1 aromatic carbocycles. The van der Waals surface area contributed by atoms with Crippen molar-refractivity contribution in [2.75, 3.05) is 13.6 Å². The number of pyridine rings is 1. The fourth-order valence-electron chi connectivity index (χ4n) is 3.29. The lowest BCUT2D eigenvalue weighted by molar-refractivity contribution is -0.155. The van der Waals surface area contributed by atoms with Gasteiger partial charge in [0.1, 0.15) is 12.1 Å². The van der Waals surface area contributed by atoms with Gasteiger partial charge in [-0.25, -0.2) is 0 Å². The largest absolute Gasteiger partial charge is 0.459 e. The molecule has 5 heteroatoms. The maximum absolute atomic E-state index is 13.1. The third kappa shape index (κ3) is 3.65. The fraction of sp³-hybridized carbons (Fsp3) is 0.450. The lowest BCUT2D eigenvalue weighted by Gasteiger charge is -2.23. The van der Waals surface area contributed by atoms with Crippen LogP contribution in [-0.4, -0.2) is 41.0 Å². The number of ether oxygens (including phenoxy) is 1. The maximum Gasteiger partial charge on any atom is 0.326 e. The molecular weight excluding hydrogens is 316 g/mol. The van der Waals surface area contributed by atoms with Gasteiger partial charge in [-0.15, -0.1) is 0 Å². The Labute approximate surface area is 148 Å². The van der Waals surface area contributed by atoms with E-state index in [-0.39, 0.29) is 12.5 Å². The van der Waals surface area contributed by atoms with Gasteiger partial charge in [-0.2, -0.15) is 0 Å². The van der Waals surface area contributed by atoms with E-state index in [1.54, 1.807) is 7.05 Å². The van der Waals surface area contributed by atoms with E-state index in [2.05, 4.69) is 0 Å². The van der Waals surface area contributed by atoms with Crippen molar-refractivity contribution in [3.8, 4) is 0 Å². The van der Waals surface area contributed by atoms with Gasteiger partial charge in [0.25, 0.3) is 5.91 Å².